The van der Waals surface area contributed by atoms with Gasteiger partial charge < -0.3 is 14.4 Å². The van der Waals surface area contributed by atoms with Gasteiger partial charge in [-0.15, -0.1) is 0 Å². The summed E-state index contributed by atoms with van der Waals surface area (Å²) >= 11 is 0. The highest BCUT2D eigenvalue weighted by Gasteiger charge is 2.40. The average molecular weight is 300 g/mol. The van der Waals surface area contributed by atoms with E-state index in [2.05, 4.69) is 4.98 Å². The van der Waals surface area contributed by atoms with Crippen LogP contribution in [-0.4, -0.2) is 34.0 Å². The van der Waals surface area contributed by atoms with Gasteiger partial charge >= 0.3 is 0 Å². The Morgan fingerprint density at radius 3 is 2.77 bits per heavy atom. The Morgan fingerprint density at radius 1 is 1.41 bits per heavy atom. The van der Waals surface area contributed by atoms with Crippen molar-refractivity contribution in [2.45, 2.75) is 32.3 Å². The van der Waals surface area contributed by atoms with Crippen LogP contribution in [0.15, 0.2) is 34.7 Å². The molecule has 1 fully saturated rings. The molecule has 22 heavy (non-hydrogen) atoms. The summed E-state index contributed by atoms with van der Waals surface area (Å²) in [7, 11) is 0. The van der Waals surface area contributed by atoms with E-state index < -0.39 is 5.60 Å². The molecule has 1 aliphatic heterocycles. The number of oxazole rings is 1. The molecule has 1 unspecified atom stereocenters. The van der Waals surface area contributed by atoms with Gasteiger partial charge in [0.2, 0.25) is 5.76 Å². The van der Waals surface area contributed by atoms with Gasteiger partial charge in [0.15, 0.2) is 5.89 Å². The number of benzene rings is 1. The largest absolute Gasteiger partial charge is 0.435 e. The third-order valence-corrected chi connectivity index (χ3v) is 4.18. The summed E-state index contributed by atoms with van der Waals surface area (Å²) in [5.41, 5.74) is 0.462. The van der Waals surface area contributed by atoms with Gasteiger partial charge in [-0.3, -0.25) is 4.79 Å². The number of carbonyl (C=O) groups excluding carboxylic acids is 1. The molecule has 3 rings (SSSR count). The SMILES string of the molecule is CCc1nc(C)c(C(=O)N2CCC(O)(c3ccccc3)C2)o1. The minimum absolute atomic E-state index is 0.198. The summed E-state index contributed by atoms with van der Waals surface area (Å²) in [6.45, 7) is 4.49. The number of aromatic nitrogens is 1. The number of carbonyl (C=O) groups is 1. The van der Waals surface area contributed by atoms with Gasteiger partial charge in [-0.2, -0.15) is 0 Å². The molecule has 0 radical (unpaired) electrons. The highest BCUT2D eigenvalue weighted by molar-refractivity contribution is 5.92. The summed E-state index contributed by atoms with van der Waals surface area (Å²) in [4.78, 5) is 18.5. The molecule has 0 bridgehead atoms. The van der Waals surface area contributed by atoms with Crippen molar-refractivity contribution in [2.24, 2.45) is 0 Å². The Morgan fingerprint density at radius 2 is 2.14 bits per heavy atom. The standard InChI is InChI=1S/C17H20N2O3/c1-3-14-18-12(2)15(22-14)16(20)19-10-9-17(21,11-19)13-7-5-4-6-8-13/h4-8,21H,3,9-11H2,1-2H3. The second-order valence-electron chi connectivity index (χ2n) is 5.75. The molecule has 1 N–H and O–H groups in total. The lowest BCUT2D eigenvalue weighted by molar-refractivity contribution is 0.0407. The lowest BCUT2D eigenvalue weighted by Gasteiger charge is -2.23. The molecule has 0 spiro atoms. The van der Waals surface area contributed by atoms with Gasteiger partial charge in [-0.1, -0.05) is 37.3 Å². The predicted molar refractivity (Wildman–Crippen MR) is 81.5 cm³/mol. The maximum absolute atomic E-state index is 12.6. The van der Waals surface area contributed by atoms with E-state index in [0.29, 0.717) is 31.0 Å². The van der Waals surface area contributed by atoms with Crippen molar-refractivity contribution in [1.29, 1.82) is 0 Å². The summed E-state index contributed by atoms with van der Waals surface area (Å²) in [6, 6.07) is 9.48. The number of likely N-dealkylation sites (tertiary alicyclic amines) is 1. The third kappa shape index (κ3) is 2.52. The quantitative estimate of drug-likeness (QED) is 0.944. The van der Waals surface area contributed by atoms with Gasteiger partial charge in [-0.05, 0) is 18.9 Å². The second-order valence-corrected chi connectivity index (χ2v) is 5.75. The topological polar surface area (TPSA) is 66.6 Å². The first kappa shape index (κ1) is 14.8. The molecule has 2 heterocycles. The molecule has 0 saturated carbocycles. The van der Waals surface area contributed by atoms with Gasteiger partial charge in [-0.25, -0.2) is 4.98 Å². The number of hydrogen-bond donors (Lipinski definition) is 1. The highest BCUT2D eigenvalue weighted by Crippen LogP contribution is 2.32. The predicted octanol–water partition coefficient (Wildman–Crippen LogP) is 2.28. The Labute approximate surface area is 129 Å². The van der Waals surface area contributed by atoms with E-state index in [1.54, 1.807) is 11.8 Å². The Kier molecular flexibility index (Phi) is 3.74. The molecule has 1 aromatic carbocycles. The minimum Gasteiger partial charge on any atom is -0.435 e. The van der Waals surface area contributed by atoms with Crippen LogP contribution >= 0.6 is 0 Å². The van der Waals surface area contributed by atoms with Crippen LogP contribution in [0.25, 0.3) is 0 Å². The van der Waals surface area contributed by atoms with Crippen LogP contribution in [0.4, 0.5) is 0 Å². The fraction of sp³-hybridized carbons (Fsp3) is 0.412. The zero-order valence-electron chi connectivity index (χ0n) is 12.9. The van der Waals surface area contributed by atoms with Crippen LogP contribution in [0, 0.1) is 6.92 Å². The highest BCUT2D eigenvalue weighted by atomic mass is 16.4. The molecule has 5 nitrogen and oxygen atoms in total. The van der Waals surface area contributed by atoms with Crippen LogP contribution in [0.1, 0.15) is 41.0 Å². The fourth-order valence-electron chi connectivity index (χ4n) is 2.90. The van der Waals surface area contributed by atoms with E-state index in [1.807, 2.05) is 37.3 Å². The van der Waals surface area contributed by atoms with Crippen LogP contribution in [-0.2, 0) is 12.0 Å². The van der Waals surface area contributed by atoms with Gasteiger partial charge in [0.05, 0.1) is 12.2 Å². The molecule has 116 valence electrons. The van der Waals surface area contributed by atoms with Crippen molar-refractivity contribution in [3.63, 3.8) is 0 Å². The number of aliphatic hydroxyl groups is 1. The first-order valence-electron chi connectivity index (χ1n) is 7.57. The third-order valence-electron chi connectivity index (χ3n) is 4.18. The number of amides is 1. The first-order valence-corrected chi connectivity index (χ1v) is 7.57. The van der Waals surface area contributed by atoms with Crippen molar-refractivity contribution in [1.82, 2.24) is 9.88 Å². The maximum atomic E-state index is 12.6. The molecule has 2 aromatic rings. The maximum Gasteiger partial charge on any atom is 0.291 e. The Bertz CT molecular complexity index is 680. The lowest BCUT2D eigenvalue weighted by atomic mass is 9.93. The molecular weight excluding hydrogens is 280 g/mol. The average Bonchev–Trinajstić information content (AvgIpc) is 3.12. The van der Waals surface area contributed by atoms with Crippen molar-refractivity contribution in [2.75, 3.05) is 13.1 Å². The van der Waals surface area contributed by atoms with E-state index in [-0.39, 0.29) is 18.2 Å². The summed E-state index contributed by atoms with van der Waals surface area (Å²) in [5.74, 6) is 0.657. The molecule has 0 aliphatic carbocycles. The van der Waals surface area contributed by atoms with E-state index >= 15 is 0 Å². The molecule has 5 heteroatoms. The monoisotopic (exact) mass is 300 g/mol. The number of β-amino-alcohol motifs (C(OH)–C–C–N with tert-alkyl or cyclic N) is 1. The summed E-state index contributed by atoms with van der Waals surface area (Å²) in [6.07, 6.45) is 1.18. The molecule has 1 aromatic heterocycles. The lowest BCUT2D eigenvalue weighted by Crippen LogP contribution is -2.34. The normalized spacial score (nSPS) is 21.3. The summed E-state index contributed by atoms with van der Waals surface area (Å²) in [5, 5.41) is 10.8. The van der Waals surface area contributed by atoms with E-state index in [0.717, 1.165) is 5.56 Å². The van der Waals surface area contributed by atoms with Crippen molar-refractivity contribution in [3.05, 3.63) is 53.2 Å². The van der Waals surface area contributed by atoms with E-state index in [4.69, 9.17) is 4.42 Å². The number of aryl methyl sites for hydroxylation is 2. The zero-order valence-corrected chi connectivity index (χ0v) is 12.9. The minimum atomic E-state index is -0.988. The van der Waals surface area contributed by atoms with Gasteiger partial charge in [0.1, 0.15) is 5.60 Å². The van der Waals surface area contributed by atoms with Crippen molar-refractivity contribution in [3.8, 4) is 0 Å². The molecule has 1 aliphatic rings. The summed E-state index contributed by atoms with van der Waals surface area (Å²) < 4.78 is 5.53. The first-order chi connectivity index (χ1) is 10.5. The number of hydrogen-bond acceptors (Lipinski definition) is 4. The number of nitrogens with zero attached hydrogens (tertiary/aromatic N) is 2. The molecular formula is C17H20N2O3. The molecule has 1 atom stereocenters. The van der Waals surface area contributed by atoms with Gasteiger partial charge in [0.25, 0.3) is 5.91 Å². The molecule has 1 amide bonds. The van der Waals surface area contributed by atoms with E-state index in [9.17, 15) is 9.90 Å². The Hall–Kier alpha value is -2.14. The smallest absolute Gasteiger partial charge is 0.291 e. The Balaban J connectivity index is 1.80. The zero-order chi connectivity index (χ0) is 15.7. The van der Waals surface area contributed by atoms with Crippen molar-refractivity contribution >= 4 is 5.91 Å². The molecule has 1 saturated heterocycles. The van der Waals surface area contributed by atoms with Crippen LogP contribution < -0.4 is 0 Å². The van der Waals surface area contributed by atoms with E-state index in [1.165, 1.54) is 0 Å². The van der Waals surface area contributed by atoms with Crippen LogP contribution in [0.3, 0.4) is 0 Å². The van der Waals surface area contributed by atoms with Crippen LogP contribution in [0.2, 0.25) is 0 Å². The van der Waals surface area contributed by atoms with Crippen LogP contribution in [0.5, 0.6) is 0 Å². The fourth-order valence-corrected chi connectivity index (χ4v) is 2.90. The number of rotatable bonds is 3. The van der Waals surface area contributed by atoms with Gasteiger partial charge in [0, 0.05) is 13.0 Å². The second kappa shape index (κ2) is 5.57. The van der Waals surface area contributed by atoms with Crippen molar-refractivity contribution < 1.29 is 14.3 Å².